The zero-order chi connectivity index (χ0) is 10.7. The molecule has 0 radical (unpaired) electrons. The number of hydrogen-bond donors (Lipinski definition) is 1. The normalized spacial score (nSPS) is 9.93. The van der Waals surface area contributed by atoms with E-state index in [1.807, 2.05) is 0 Å². The van der Waals surface area contributed by atoms with Crippen LogP contribution in [-0.2, 0) is 0 Å². The van der Waals surface area contributed by atoms with Crippen molar-refractivity contribution in [1.82, 2.24) is 0 Å². The maximum atomic E-state index is 13.2. The van der Waals surface area contributed by atoms with Crippen molar-refractivity contribution in [2.24, 2.45) is 0 Å². The number of anilines is 1. The number of carbonyl (C=O) groups excluding carboxylic acids is 1. The maximum absolute atomic E-state index is 13.2. The van der Waals surface area contributed by atoms with Crippen molar-refractivity contribution in [2.75, 3.05) is 12.3 Å². The zero-order valence-electron chi connectivity index (χ0n) is 8.13. The first-order chi connectivity index (χ1) is 6.57. The molecular weight excluding hydrogens is 185 g/mol. The summed E-state index contributed by atoms with van der Waals surface area (Å²) in [6.07, 6.45) is 0. The van der Waals surface area contributed by atoms with Gasteiger partial charge >= 0.3 is 0 Å². The summed E-state index contributed by atoms with van der Waals surface area (Å²) in [7, 11) is 0. The van der Waals surface area contributed by atoms with Gasteiger partial charge in [0.1, 0.15) is 0 Å². The Hall–Kier alpha value is -1.58. The number of nitrogen functional groups attached to an aromatic ring is 1. The quantitative estimate of drug-likeness (QED) is 0.595. The molecule has 0 unspecified atom stereocenters. The van der Waals surface area contributed by atoms with Crippen LogP contribution in [0.4, 0.5) is 10.1 Å². The lowest BCUT2D eigenvalue weighted by atomic mass is 10.1. The molecule has 0 bridgehead atoms. The molecule has 0 heterocycles. The first-order valence-corrected chi connectivity index (χ1v) is 4.29. The summed E-state index contributed by atoms with van der Waals surface area (Å²) in [6.45, 7) is 3.33. The fourth-order valence-corrected chi connectivity index (χ4v) is 1.22. The Kier molecular flexibility index (Phi) is 3.06. The van der Waals surface area contributed by atoms with E-state index in [0.29, 0.717) is 6.61 Å². The first kappa shape index (κ1) is 10.5. The Bertz CT molecular complexity index is 363. The maximum Gasteiger partial charge on any atom is 0.167 e. The van der Waals surface area contributed by atoms with Gasteiger partial charge in [-0.05, 0) is 26.0 Å². The summed E-state index contributed by atoms with van der Waals surface area (Å²) in [5.74, 6) is -0.920. The number of Topliss-reactive ketones (excluding diaryl/α,β-unsaturated/α-hetero) is 1. The molecule has 0 spiro atoms. The molecule has 2 N–H and O–H groups in total. The molecule has 1 rings (SSSR count). The van der Waals surface area contributed by atoms with Crippen molar-refractivity contribution < 1.29 is 13.9 Å². The molecule has 0 atom stereocenters. The number of halogens is 1. The Labute approximate surface area is 81.7 Å². The number of benzene rings is 1. The van der Waals surface area contributed by atoms with Gasteiger partial charge in [-0.15, -0.1) is 0 Å². The SMILES string of the molecule is CCOc1c(F)ccc(N)c1C(C)=O. The largest absolute Gasteiger partial charge is 0.490 e. The predicted octanol–water partition coefficient (Wildman–Crippen LogP) is 2.01. The molecule has 1 aromatic rings. The highest BCUT2D eigenvalue weighted by Gasteiger charge is 2.16. The lowest BCUT2D eigenvalue weighted by Crippen LogP contribution is -2.06. The van der Waals surface area contributed by atoms with Crippen LogP contribution < -0.4 is 10.5 Å². The fourth-order valence-electron chi connectivity index (χ4n) is 1.22. The second-order valence-electron chi connectivity index (χ2n) is 2.83. The minimum atomic E-state index is -0.564. The number of carbonyl (C=O) groups is 1. The van der Waals surface area contributed by atoms with E-state index in [2.05, 4.69) is 0 Å². The Balaban J connectivity index is 3.33. The highest BCUT2D eigenvalue weighted by Crippen LogP contribution is 2.28. The van der Waals surface area contributed by atoms with Crippen molar-refractivity contribution in [3.8, 4) is 5.75 Å². The third-order valence-corrected chi connectivity index (χ3v) is 1.78. The topological polar surface area (TPSA) is 52.3 Å². The van der Waals surface area contributed by atoms with Crippen LogP contribution in [0.3, 0.4) is 0 Å². The van der Waals surface area contributed by atoms with Gasteiger partial charge in [-0.1, -0.05) is 0 Å². The second kappa shape index (κ2) is 4.09. The van der Waals surface area contributed by atoms with Crippen LogP contribution in [0, 0.1) is 5.82 Å². The molecule has 0 aromatic heterocycles. The highest BCUT2D eigenvalue weighted by molar-refractivity contribution is 6.01. The van der Waals surface area contributed by atoms with Gasteiger partial charge < -0.3 is 10.5 Å². The van der Waals surface area contributed by atoms with E-state index in [0.717, 1.165) is 0 Å². The van der Waals surface area contributed by atoms with Gasteiger partial charge in [0, 0.05) is 5.69 Å². The summed E-state index contributed by atoms with van der Waals surface area (Å²) < 4.78 is 18.3. The van der Waals surface area contributed by atoms with Gasteiger partial charge in [-0.2, -0.15) is 0 Å². The molecule has 0 saturated heterocycles. The molecule has 76 valence electrons. The third kappa shape index (κ3) is 1.84. The Morgan fingerprint density at radius 1 is 1.57 bits per heavy atom. The summed E-state index contributed by atoms with van der Waals surface area (Å²) in [5, 5.41) is 0. The monoisotopic (exact) mass is 197 g/mol. The summed E-state index contributed by atoms with van der Waals surface area (Å²) in [6, 6.07) is 2.54. The molecule has 14 heavy (non-hydrogen) atoms. The van der Waals surface area contributed by atoms with Crippen LogP contribution in [-0.4, -0.2) is 12.4 Å². The average Bonchev–Trinajstić information content (AvgIpc) is 2.11. The molecule has 4 heteroatoms. The van der Waals surface area contributed by atoms with E-state index >= 15 is 0 Å². The van der Waals surface area contributed by atoms with Crippen molar-refractivity contribution in [3.05, 3.63) is 23.5 Å². The van der Waals surface area contributed by atoms with Crippen molar-refractivity contribution in [3.63, 3.8) is 0 Å². The lowest BCUT2D eigenvalue weighted by molar-refractivity contribution is 0.101. The number of ketones is 1. The molecule has 0 amide bonds. The first-order valence-electron chi connectivity index (χ1n) is 4.29. The standard InChI is InChI=1S/C10H12FNO2/c1-3-14-10-7(11)4-5-8(12)9(10)6(2)13/h4-5H,3,12H2,1-2H3. The lowest BCUT2D eigenvalue weighted by Gasteiger charge is -2.10. The smallest absolute Gasteiger partial charge is 0.167 e. The van der Waals surface area contributed by atoms with Gasteiger partial charge in [0.25, 0.3) is 0 Å². The molecule has 1 aromatic carbocycles. The number of nitrogens with two attached hydrogens (primary N) is 1. The summed E-state index contributed by atoms with van der Waals surface area (Å²) in [5.41, 5.74) is 5.91. The minimum absolute atomic E-state index is 0.0556. The van der Waals surface area contributed by atoms with E-state index in [-0.39, 0.29) is 22.8 Å². The third-order valence-electron chi connectivity index (χ3n) is 1.78. The highest BCUT2D eigenvalue weighted by atomic mass is 19.1. The van der Waals surface area contributed by atoms with Gasteiger partial charge in [-0.25, -0.2) is 4.39 Å². The van der Waals surface area contributed by atoms with Crippen molar-refractivity contribution in [1.29, 1.82) is 0 Å². The molecular formula is C10H12FNO2. The summed E-state index contributed by atoms with van der Waals surface area (Å²) >= 11 is 0. The second-order valence-corrected chi connectivity index (χ2v) is 2.83. The van der Waals surface area contributed by atoms with E-state index in [1.54, 1.807) is 6.92 Å². The number of hydrogen-bond acceptors (Lipinski definition) is 3. The minimum Gasteiger partial charge on any atom is -0.490 e. The predicted molar refractivity (Wildman–Crippen MR) is 52.0 cm³/mol. The van der Waals surface area contributed by atoms with Crippen LogP contribution in [0.5, 0.6) is 5.75 Å². The van der Waals surface area contributed by atoms with Crippen molar-refractivity contribution >= 4 is 11.5 Å². The van der Waals surface area contributed by atoms with Crippen LogP contribution >= 0.6 is 0 Å². The molecule has 0 aliphatic rings. The van der Waals surface area contributed by atoms with E-state index in [4.69, 9.17) is 10.5 Å². The van der Waals surface area contributed by atoms with E-state index < -0.39 is 5.82 Å². The molecule has 3 nitrogen and oxygen atoms in total. The van der Waals surface area contributed by atoms with Crippen LogP contribution in [0.25, 0.3) is 0 Å². The van der Waals surface area contributed by atoms with Gasteiger partial charge in [0.2, 0.25) is 0 Å². The van der Waals surface area contributed by atoms with Crippen molar-refractivity contribution in [2.45, 2.75) is 13.8 Å². The van der Waals surface area contributed by atoms with Crippen LogP contribution in [0.1, 0.15) is 24.2 Å². The molecule has 0 aliphatic carbocycles. The number of rotatable bonds is 3. The average molecular weight is 197 g/mol. The summed E-state index contributed by atoms with van der Waals surface area (Å²) in [4.78, 5) is 11.2. The molecule has 0 saturated carbocycles. The van der Waals surface area contributed by atoms with E-state index in [9.17, 15) is 9.18 Å². The van der Waals surface area contributed by atoms with Crippen LogP contribution in [0.15, 0.2) is 12.1 Å². The van der Waals surface area contributed by atoms with E-state index in [1.165, 1.54) is 19.1 Å². The van der Waals surface area contributed by atoms with Gasteiger partial charge in [0.05, 0.1) is 12.2 Å². The van der Waals surface area contributed by atoms with Crippen LogP contribution in [0.2, 0.25) is 0 Å². The molecule has 0 fully saturated rings. The Morgan fingerprint density at radius 3 is 2.71 bits per heavy atom. The zero-order valence-corrected chi connectivity index (χ0v) is 8.13. The molecule has 0 aliphatic heterocycles. The number of ether oxygens (including phenoxy) is 1. The Morgan fingerprint density at radius 2 is 2.21 bits per heavy atom. The van der Waals surface area contributed by atoms with Gasteiger partial charge in [-0.3, -0.25) is 4.79 Å². The fraction of sp³-hybridized carbons (Fsp3) is 0.300. The van der Waals surface area contributed by atoms with Gasteiger partial charge in [0.15, 0.2) is 17.3 Å².